The smallest absolute Gasteiger partial charge is 0.205 e. The summed E-state index contributed by atoms with van der Waals surface area (Å²) < 4.78 is 25.1. The number of aryl methyl sites for hydroxylation is 2. The van der Waals surface area contributed by atoms with Gasteiger partial charge in [0.05, 0.1) is 0 Å². The largest absolute Gasteiger partial charge is 0.264 e. The minimum Gasteiger partial charge on any atom is -0.205 e. The Morgan fingerprint density at radius 2 is 2.07 bits per heavy atom. The van der Waals surface area contributed by atoms with Crippen LogP contribution in [0, 0.1) is 6.92 Å². The van der Waals surface area contributed by atoms with Gasteiger partial charge in [-0.1, -0.05) is 39.7 Å². The van der Waals surface area contributed by atoms with Gasteiger partial charge in [-0.25, -0.2) is 8.78 Å². The summed E-state index contributed by atoms with van der Waals surface area (Å²) >= 11 is 3.30. The number of halogens is 3. The van der Waals surface area contributed by atoms with E-state index in [-0.39, 0.29) is 5.56 Å². The van der Waals surface area contributed by atoms with Gasteiger partial charge < -0.3 is 0 Å². The maximum Gasteiger partial charge on any atom is 0.264 e. The molecule has 0 nitrogen and oxygen atoms in total. The van der Waals surface area contributed by atoms with Gasteiger partial charge in [-0.3, -0.25) is 0 Å². The van der Waals surface area contributed by atoms with Crippen LogP contribution in [0.2, 0.25) is 0 Å². The molecule has 0 spiro atoms. The maximum atomic E-state index is 12.6. The van der Waals surface area contributed by atoms with Crippen LogP contribution in [0.25, 0.3) is 0 Å². The van der Waals surface area contributed by atoms with Crippen molar-refractivity contribution >= 4 is 15.9 Å². The molecule has 0 aliphatic rings. The van der Waals surface area contributed by atoms with Crippen LogP contribution in [0.5, 0.6) is 0 Å². The molecule has 0 radical (unpaired) electrons. The van der Waals surface area contributed by atoms with E-state index in [2.05, 4.69) is 15.9 Å². The predicted molar refractivity (Wildman–Crippen MR) is 58.3 cm³/mol. The third-order valence-electron chi connectivity index (χ3n) is 2.11. The molecule has 0 atom stereocenters. The van der Waals surface area contributed by atoms with Crippen molar-refractivity contribution in [2.75, 3.05) is 5.33 Å². The molecule has 0 aliphatic carbocycles. The van der Waals surface area contributed by atoms with Crippen LogP contribution in [0.15, 0.2) is 18.2 Å². The molecule has 78 valence electrons. The molecule has 0 heterocycles. The van der Waals surface area contributed by atoms with Crippen LogP contribution < -0.4 is 0 Å². The molecule has 1 aromatic carbocycles. The molecule has 0 saturated carbocycles. The quantitative estimate of drug-likeness (QED) is 0.712. The lowest BCUT2D eigenvalue weighted by Crippen LogP contribution is -1.96. The SMILES string of the molecule is Cc1ccc(C(F)F)c(CCCBr)c1. The topological polar surface area (TPSA) is 0 Å². The second-order valence-corrected chi connectivity index (χ2v) is 4.09. The van der Waals surface area contributed by atoms with E-state index < -0.39 is 6.43 Å². The van der Waals surface area contributed by atoms with Gasteiger partial charge in [0.2, 0.25) is 0 Å². The first-order valence-corrected chi connectivity index (χ1v) is 5.71. The van der Waals surface area contributed by atoms with Gasteiger partial charge in [-0.2, -0.15) is 0 Å². The molecule has 0 aliphatic heterocycles. The van der Waals surface area contributed by atoms with Crippen LogP contribution in [-0.2, 0) is 6.42 Å². The summed E-state index contributed by atoms with van der Waals surface area (Å²) in [7, 11) is 0. The Balaban J connectivity index is 2.91. The van der Waals surface area contributed by atoms with E-state index in [1.165, 1.54) is 6.07 Å². The Morgan fingerprint density at radius 3 is 2.64 bits per heavy atom. The average molecular weight is 263 g/mol. The molecule has 1 rings (SSSR count). The fourth-order valence-corrected chi connectivity index (χ4v) is 1.70. The highest BCUT2D eigenvalue weighted by atomic mass is 79.9. The van der Waals surface area contributed by atoms with Gasteiger partial charge in [0.1, 0.15) is 0 Å². The molecule has 0 fully saturated rings. The van der Waals surface area contributed by atoms with Crippen molar-refractivity contribution in [3.63, 3.8) is 0 Å². The Kier molecular flexibility index (Phi) is 4.52. The predicted octanol–water partition coefficient (Wildman–Crippen LogP) is 4.26. The fourth-order valence-electron chi connectivity index (χ4n) is 1.42. The fraction of sp³-hybridized carbons (Fsp3) is 0.455. The summed E-state index contributed by atoms with van der Waals surface area (Å²) in [6.45, 7) is 1.92. The van der Waals surface area contributed by atoms with Crippen molar-refractivity contribution in [1.82, 2.24) is 0 Å². The summed E-state index contributed by atoms with van der Waals surface area (Å²) in [6, 6.07) is 5.12. The van der Waals surface area contributed by atoms with Crippen molar-refractivity contribution in [3.05, 3.63) is 34.9 Å². The highest BCUT2D eigenvalue weighted by molar-refractivity contribution is 9.09. The summed E-state index contributed by atoms with van der Waals surface area (Å²) in [5.41, 5.74) is 2.00. The van der Waals surface area contributed by atoms with Crippen molar-refractivity contribution in [3.8, 4) is 0 Å². The van der Waals surface area contributed by atoms with Crippen LogP contribution in [0.3, 0.4) is 0 Å². The van der Waals surface area contributed by atoms with E-state index in [0.717, 1.165) is 22.9 Å². The van der Waals surface area contributed by atoms with Crippen molar-refractivity contribution < 1.29 is 8.78 Å². The normalized spacial score (nSPS) is 10.9. The van der Waals surface area contributed by atoms with Crippen LogP contribution >= 0.6 is 15.9 Å². The minimum atomic E-state index is -2.36. The van der Waals surface area contributed by atoms with Gasteiger partial charge in [-0.15, -0.1) is 0 Å². The number of rotatable bonds is 4. The standard InChI is InChI=1S/C11H13BrF2/c1-8-4-5-10(11(13)14)9(7-8)3-2-6-12/h4-5,7,11H,2-3,6H2,1H3. The number of hydrogen-bond acceptors (Lipinski definition) is 0. The van der Waals surface area contributed by atoms with Crippen molar-refractivity contribution in [1.29, 1.82) is 0 Å². The second kappa shape index (κ2) is 5.44. The molecule has 0 bridgehead atoms. The van der Waals surface area contributed by atoms with E-state index in [1.807, 2.05) is 13.0 Å². The Labute approximate surface area is 91.5 Å². The molecular weight excluding hydrogens is 250 g/mol. The molecule has 3 heteroatoms. The third-order valence-corrected chi connectivity index (χ3v) is 2.67. The van der Waals surface area contributed by atoms with Gasteiger partial charge in [0, 0.05) is 10.9 Å². The average Bonchev–Trinajstić information content (AvgIpc) is 2.14. The zero-order chi connectivity index (χ0) is 10.6. The number of hydrogen-bond donors (Lipinski definition) is 0. The summed E-state index contributed by atoms with van der Waals surface area (Å²) in [6.07, 6.45) is -0.753. The van der Waals surface area contributed by atoms with E-state index in [9.17, 15) is 8.78 Å². The maximum absolute atomic E-state index is 12.6. The van der Waals surface area contributed by atoms with Crippen LogP contribution in [-0.4, -0.2) is 5.33 Å². The summed E-state index contributed by atoms with van der Waals surface area (Å²) in [4.78, 5) is 0. The molecule has 0 N–H and O–H groups in total. The monoisotopic (exact) mass is 262 g/mol. The Hall–Kier alpha value is -0.440. The van der Waals surface area contributed by atoms with Crippen LogP contribution in [0.1, 0.15) is 29.5 Å². The van der Waals surface area contributed by atoms with Crippen molar-refractivity contribution in [2.24, 2.45) is 0 Å². The summed E-state index contributed by atoms with van der Waals surface area (Å²) in [5.74, 6) is 0. The van der Waals surface area contributed by atoms with E-state index in [4.69, 9.17) is 0 Å². The first kappa shape index (κ1) is 11.6. The molecule has 0 unspecified atom stereocenters. The van der Waals surface area contributed by atoms with Crippen LogP contribution in [0.4, 0.5) is 8.78 Å². The van der Waals surface area contributed by atoms with Gasteiger partial charge in [-0.05, 0) is 25.3 Å². The number of benzene rings is 1. The first-order chi connectivity index (χ1) is 6.65. The third kappa shape index (κ3) is 3.05. The molecule has 1 aromatic rings. The van der Waals surface area contributed by atoms with Gasteiger partial charge in [0.25, 0.3) is 6.43 Å². The lowest BCUT2D eigenvalue weighted by Gasteiger charge is -2.08. The summed E-state index contributed by atoms with van der Waals surface area (Å²) in [5, 5.41) is 0.851. The highest BCUT2D eigenvalue weighted by Crippen LogP contribution is 2.24. The van der Waals surface area contributed by atoms with E-state index >= 15 is 0 Å². The second-order valence-electron chi connectivity index (χ2n) is 3.30. The Bertz CT molecular complexity index is 297. The molecular formula is C11H13BrF2. The minimum absolute atomic E-state index is 0.177. The lowest BCUT2D eigenvalue weighted by molar-refractivity contribution is 0.150. The molecule has 14 heavy (non-hydrogen) atoms. The lowest BCUT2D eigenvalue weighted by atomic mass is 10.0. The van der Waals surface area contributed by atoms with Gasteiger partial charge in [0.15, 0.2) is 0 Å². The molecule has 0 amide bonds. The zero-order valence-corrected chi connectivity index (χ0v) is 9.65. The van der Waals surface area contributed by atoms with E-state index in [0.29, 0.717) is 6.42 Å². The van der Waals surface area contributed by atoms with Crippen molar-refractivity contribution in [2.45, 2.75) is 26.2 Å². The van der Waals surface area contributed by atoms with Gasteiger partial charge >= 0.3 is 0 Å². The zero-order valence-electron chi connectivity index (χ0n) is 8.06. The Morgan fingerprint density at radius 1 is 1.36 bits per heavy atom. The molecule has 0 saturated heterocycles. The highest BCUT2D eigenvalue weighted by Gasteiger charge is 2.11. The first-order valence-electron chi connectivity index (χ1n) is 4.58. The molecule has 0 aromatic heterocycles. The number of alkyl halides is 3. The van der Waals surface area contributed by atoms with E-state index in [1.54, 1.807) is 6.07 Å².